The quantitative estimate of drug-likeness (QED) is 0.170. The first-order valence-electron chi connectivity index (χ1n) is 16.6. The van der Waals surface area contributed by atoms with Crippen molar-refractivity contribution in [2.75, 3.05) is 19.6 Å². The van der Waals surface area contributed by atoms with Crippen LogP contribution in [0.1, 0.15) is 75.4 Å². The molecule has 2 aromatic heterocycles. The number of likely N-dealkylation sites (tertiary alicyclic amines) is 1. The van der Waals surface area contributed by atoms with Gasteiger partial charge in [-0.25, -0.2) is 9.37 Å². The number of aryl methyl sites for hydroxylation is 1. The van der Waals surface area contributed by atoms with Crippen LogP contribution in [0.4, 0.5) is 4.39 Å². The Labute approximate surface area is 289 Å². The molecular formula is C38H38ClFN6O3. The molecule has 1 aliphatic heterocycles. The van der Waals surface area contributed by atoms with Gasteiger partial charge in [0.05, 0.1) is 17.0 Å². The van der Waals surface area contributed by atoms with Gasteiger partial charge in [-0.1, -0.05) is 36.4 Å². The number of amides is 1. The lowest BCUT2D eigenvalue weighted by molar-refractivity contribution is 0.0591. The lowest BCUT2D eigenvalue weighted by Crippen LogP contribution is -2.52. The number of nitriles is 1. The van der Waals surface area contributed by atoms with E-state index in [2.05, 4.69) is 21.7 Å². The van der Waals surface area contributed by atoms with Gasteiger partial charge < -0.3 is 20.2 Å². The molecule has 2 aromatic carbocycles. The molecular weight excluding hydrogens is 643 g/mol. The van der Waals surface area contributed by atoms with Crippen LogP contribution in [-0.2, 0) is 18.6 Å². The van der Waals surface area contributed by atoms with Gasteiger partial charge in [-0.05, 0) is 90.3 Å². The number of oxazole rings is 1. The number of nitrogens with one attached hydrogen (secondary N) is 2. The number of carbonyl (C=O) groups excluding carboxylic acids is 1. The number of halogens is 2. The van der Waals surface area contributed by atoms with Gasteiger partial charge >= 0.3 is 0 Å². The van der Waals surface area contributed by atoms with E-state index in [4.69, 9.17) is 21.0 Å². The Morgan fingerprint density at radius 1 is 1.27 bits per heavy atom. The summed E-state index contributed by atoms with van der Waals surface area (Å²) < 4.78 is 19.9. The molecule has 7 rings (SSSR count). The van der Waals surface area contributed by atoms with Crippen LogP contribution in [0.3, 0.4) is 0 Å². The van der Waals surface area contributed by atoms with E-state index < -0.39 is 29.1 Å². The molecule has 252 valence electrons. The van der Waals surface area contributed by atoms with Gasteiger partial charge in [0.2, 0.25) is 5.89 Å². The Morgan fingerprint density at radius 2 is 2.06 bits per heavy atom. The normalized spacial score (nSPS) is 21.6. The minimum Gasteiger partial charge on any atom is -0.436 e. The molecule has 1 saturated carbocycles. The van der Waals surface area contributed by atoms with E-state index in [1.807, 2.05) is 60.4 Å². The molecule has 1 saturated heterocycles. The van der Waals surface area contributed by atoms with Crippen molar-refractivity contribution >= 4 is 34.2 Å². The van der Waals surface area contributed by atoms with Crippen molar-refractivity contribution in [3.8, 4) is 6.07 Å². The molecule has 3 atom stereocenters. The number of aromatic nitrogens is 2. The molecule has 3 aliphatic rings. The second-order valence-electron chi connectivity index (χ2n) is 13.4. The molecule has 1 amide bonds. The topological polar surface area (TPSA) is 127 Å². The Bertz CT molecular complexity index is 2010. The molecule has 2 aliphatic carbocycles. The Kier molecular flexibility index (Phi) is 9.11. The van der Waals surface area contributed by atoms with E-state index >= 15 is 0 Å². The Hall–Kier alpha value is -4.40. The van der Waals surface area contributed by atoms with Gasteiger partial charge in [0, 0.05) is 38.9 Å². The predicted octanol–water partition coefficient (Wildman–Crippen LogP) is 5.79. The number of pyridine rings is 1. The van der Waals surface area contributed by atoms with Gasteiger partial charge in [0.25, 0.3) is 5.91 Å². The van der Waals surface area contributed by atoms with Crippen molar-refractivity contribution in [1.82, 2.24) is 25.5 Å². The largest absolute Gasteiger partial charge is 0.436 e. The highest BCUT2D eigenvalue weighted by molar-refractivity contribution is 6.28. The van der Waals surface area contributed by atoms with Gasteiger partial charge in [0.15, 0.2) is 11.1 Å². The molecule has 9 nitrogen and oxygen atoms in total. The van der Waals surface area contributed by atoms with Crippen molar-refractivity contribution < 1.29 is 18.7 Å². The molecule has 4 aromatic rings. The second kappa shape index (κ2) is 13.5. The predicted molar refractivity (Wildman–Crippen MR) is 186 cm³/mol. The summed E-state index contributed by atoms with van der Waals surface area (Å²) in [6, 6.07) is 15.5. The van der Waals surface area contributed by atoms with Gasteiger partial charge in [-0.3, -0.25) is 14.7 Å². The first kappa shape index (κ1) is 33.1. The molecule has 0 bridgehead atoms. The average molecular weight is 681 g/mol. The first-order valence-corrected chi connectivity index (χ1v) is 17.1. The van der Waals surface area contributed by atoms with E-state index in [0.717, 1.165) is 46.2 Å². The standard InChI is InChI=1S/C38H38ClFN6O3/c1-22-6-3-4-7-29(22)30-8-5-11-38(35(30)39,37-44-32-13-24(19-46-20-28(40)21-46)12-26(15-41)34(32)49-37)45-36(48)33-14-31(25-9-10-25)27(18-43-33)17-42-16-23(2)47/h3-8,11-14,18,23,25,28,35,42,47H,9-10,16-17,19-21H2,1-2H3,(H,45,48). The maximum atomic E-state index is 14.2. The van der Waals surface area contributed by atoms with Crippen molar-refractivity contribution in [2.24, 2.45) is 0 Å². The highest BCUT2D eigenvalue weighted by atomic mass is 35.5. The van der Waals surface area contributed by atoms with Gasteiger partial charge in [0.1, 0.15) is 23.5 Å². The van der Waals surface area contributed by atoms with Crippen LogP contribution < -0.4 is 10.6 Å². The molecule has 49 heavy (non-hydrogen) atoms. The first-order chi connectivity index (χ1) is 23.6. The number of fused-ring (bicyclic) bond motifs is 1. The maximum absolute atomic E-state index is 14.2. The van der Waals surface area contributed by atoms with Crippen molar-refractivity contribution in [2.45, 2.75) is 68.9 Å². The summed E-state index contributed by atoms with van der Waals surface area (Å²) in [4.78, 5) is 25.6. The number of aliphatic hydroxyl groups excluding tert-OH is 1. The van der Waals surface area contributed by atoms with Crippen molar-refractivity contribution in [3.63, 3.8) is 0 Å². The number of allylic oxidation sites excluding steroid dienone is 2. The molecule has 2 fully saturated rings. The van der Waals surface area contributed by atoms with Crippen molar-refractivity contribution in [3.05, 3.63) is 112 Å². The Morgan fingerprint density at radius 3 is 2.78 bits per heavy atom. The van der Waals surface area contributed by atoms with Gasteiger partial charge in [-0.2, -0.15) is 5.26 Å². The SMILES string of the molecule is Cc1ccccc1C1=CC=CC(NC(=O)c2cc(C3CC3)c(CNCC(C)O)cn2)(c2nc3cc(CN4CC(F)C4)cc(C#N)c3o2)C1Cl. The minimum absolute atomic E-state index is 0.133. The maximum Gasteiger partial charge on any atom is 0.271 e. The number of aliphatic hydroxyl groups is 1. The minimum atomic E-state index is -1.45. The van der Waals surface area contributed by atoms with Gasteiger partial charge in [-0.15, -0.1) is 11.6 Å². The Balaban J connectivity index is 1.28. The average Bonchev–Trinajstić information content (AvgIpc) is 3.83. The molecule has 11 heteroatoms. The molecule has 0 radical (unpaired) electrons. The molecule has 3 unspecified atom stereocenters. The number of rotatable bonds is 11. The molecule has 3 heterocycles. The second-order valence-corrected chi connectivity index (χ2v) is 13.9. The van der Waals surface area contributed by atoms with E-state index in [-0.39, 0.29) is 17.2 Å². The number of carbonyl (C=O) groups is 1. The summed E-state index contributed by atoms with van der Waals surface area (Å²) in [6.07, 6.45) is 8.02. The monoisotopic (exact) mass is 680 g/mol. The number of alkyl halides is 2. The van der Waals surface area contributed by atoms with Crippen LogP contribution in [0.25, 0.3) is 16.7 Å². The van der Waals surface area contributed by atoms with Crippen LogP contribution >= 0.6 is 11.6 Å². The number of benzene rings is 2. The zero-order valence-electron chi connectivity index (χ0n) is 27.4. The van der Waals surface area contributed by atoms with Crippen molar-refractivity contribution in [1.29, 1.82) is 5.26 Å². The number of nitrogens with zero attached hydrogens (tertiary/aromatic N) is 4. The van der Waals surface area contributed by atoms with Crippen LogP contribution in [0.5, 0.6) is 0 Å². The van der Waals surface area contributed by atoms with E-state index in [0.29, 0.717) is 49.7 Å². The highest BCUT2D eigenvalue weighted by Crippen LogP contribution is 2.44. The summed E-state index contributed by atoms with van der Waals surface area (Å²) in [5, 5.41) is 25.3. The fourth-order valence-electron chi connectivity index (χ4n) is 6.73. The number of hydrogen-bond acceptors (Lipinski definition) is 8. The zero-order chi connectivity index (χ0) is 34.3. The van der Waals surface area contributed by atoms with E-state index in [9.17, 15) is 19.6 Å². The summed E-state index contributed by atoms with van der Waals surface area (Å²) in [6.45, 7) is 5.89. The smallest absolute Gasteiger partial charge is 0.271 e. The number of hydrogen-bond donors (Lipinski definition) is 3. The summed E-state index contributed by atoms with van der Waals surface area (Å²) in [7, 11) is 0. The summed E-state index contributed by atoms with van der Waals surface area (Å²) >= 11 is 7.43. The van der Waals surface area contributed by atoms with Crippen LogP contribution in [0.15, 0.2) is 71.3 Å². The lowest BCUT2D eigenvalue weighted by Gasteiger charge is -2.36. The molecule has 3 N–H and O–H groups in total. The fraction of sp³-hybridized carbons (Fsp3) is 0.368. The van der Waals surface area contributed by atoms with Crippen LogP contribution in [-0.4, -0.2) is 63.2 Å². The van der Waals surface area contributed by atoms with Crippen LogP contribution in [0.2, 0.25) is 0 Å². The fourth-order valence-corrected chi connectivity index (χ4v) is 7.14. The third kappa shape index (κ3) is 6.64. The lowest BCUT2D eigenvalue weighted by atomic mass is 9.81. The van der Waals surface area contributed by atoms with Crippen LogP contribution in [0, 0.1) is 18.3 Å². The third-order valence-electron chi connectivity index (χ3n) is 9.45. The van der Waals surface area contributed by atoms with E-state index in [1.54, 1.807) is 25.3 Å². The zero-order valence-corrected chi connectivity index (χ0v) is 28.2. The summed E-state index contributed by atoms with van der Waals surface area (Å²) in [5.74, 6) is 0.0308. The third-order valence-corrected chi connectivity index (χ3v) is 10.0. The highest BCUT2D eigenvalue weighted by Gasteiger charge is 2.47. The van der Waals surface area contributed by atoms with E-state index in [1.165, 1.54) is 0 Å². The molecule has 0 spiro atoms. The summed E-state index contributed by atoms with van der Waals surface area (Å²) in [5.41, 5.74) is 5.39.